The van der Waals surface area contributed by atoms with E-state index in [0.29, 0.717) is 3.79 Å². The molecule has 0 aliphatic carbocycles. The van der Waals surface area contributed by atoms with Gasteiger partial charge in [-0.1, -0.05) is 0 Å². The highest BCUT2D eigenvalue weighted by Gasteiger charge is 2.21. The van der Waals surface area contributed by atoms with Crippen molar-refractivity contribution in [3.05, 3.63) is 13.6 Å². The fourth-order valence-corrected chi connectivity index (χ4v) is 5.95. The zero-order valence-electron chi connectivity index (χ0n) is 7.83. The smallest absolute Gasteiger partial charge is 0.242 e. The van der Waals surface area contributed by atoms with Crippen LogP contribution in [-0.4, -0.2) is 21.0 Å². The third kappa shape index (κ3) is 3.50. The normalized spacial score (nSPS) is 14.1. The van der Waals surface area contributed by atoms with E-state index in [1.807, 2.05) is 0 Å². The molecule has 0 saturated carbocycles. The molecule has 0 bridgehead atoms. The van der Waals surface area contributed by atoms with Crippen LogP contribution in [-0.2, 0) is 10.0 Å². The lowest BCUT2D eigenvalue weighted by molar-refractivity contribution is 0.562. The first-order valence-corrected chi connectivity index (χ1v) is 7.92. The maximum atomic E-state index is 11.8. The number of thiophene rings is 1. The van der Waals surface area contributed by atoms with Crippen LogP contribution in [0.1, 0.15) is 6.92 Å². The lowest BCUT2D eigenvalue weighted by atomic mass is 10.4. The molecule has 8 heteroatoms. The van der Waals surface area contributed by atoms with E-state index in [0.717, 1.165) is 3.79 Å². The van der Waals surface area contributed by atoms with E-state index in [-0.39, 0.29) is 17.5 Å². The van der Waals surface area contributed by atoms with Gasteiger partial charge in [-0.2, -0.15) is 0 Å². The van der Waals surface area contributed by atoms with Gasteiger partial charge in [0.15, 0.2) is 0 Å². The largest absolute Gasteiger partial charge is 0.329 e. The van der Waals surface area contributed by atoms with Gasteiger partial charge in [0.1, 0.15) is 4.90 Å². The molecule has 1 aromatic heterocycles. The first-order valence-electron chi connectivity index (χ1n) is 4.04. The Balaban J connectivity index is 3.01. The molecule has 15 heavy (non-hydrogen) atoms. The number of nitrogens with one attached hydrogen (secondary N) is 1. The predicted octanol–water partition coefficient (Wildman–Crippen LogP) is 1.90. The summed E-state index contributed by atoms with van der Waals surface area (Å²) in [6.45, 7) is 1.98. The molecule has 4 nitrogen and oxygen atoms in total. The van der Waals surface area contributed by atoms with E-state index >= 15 is 0 Å². The summed E-state index contributed by atoms with van der Waals surface area (Å²) in [5, 5.41) is 0. The van der Waals surface area contributed by atoms with Crippen LogP contribution in [0.5, 0.6) is 0 Å². The number of sulfonamides is 1. The van der Waals surface area contributed by atoms with Crippen molar-refractivity contribution < 1.29 is 8.42 Å². The summed E-state index contributed by atoms with van der Waals surface area (Å²) in [6, 6.07) is 1.28. The van der Waals surface area contributed by atoms with Gasteiger partial charge in [-0.05, 0) is 44.8 Å². The SMILES string of the molecule is CC(CN)NS(=O)(=O)c1cc(Br)sc1Br. The van der Waals surface area contributed by atoms with E-state index in [9.17, 15) is 8.42 Å². The zero-order valence-corrected chi connectivity index (χ0v) is 12.6. The minimum atomic E-state index is -3.48. The number of hydrogen-bond donors (Lipinski definition) is 2. The molecule has 0 aliphatic rings. The Morgan fingerprint density at radius 3 is 2.60 bits per heavy atom. The monoisotopic (exact) mass is 376 g/mol. The molecular weight excluding hydrogens is 368 g/mol. The molecule has 1 heterocycles. The zero-order chi connectivity index (χ0) is 11.6. The molecule has 3 N–H and O–H groups in total. The van der Waals surface area contributed by atoms with Crippen molar-refractivity contribution in [1.82, 2.24) is 4.72 Å². The first-order chi connectivity index (χ1) is 6.86. The Kier molecular flexibility index (Phi) is 4.75. The Morgan fingerprint density at radius 1 is 1.60 bits per heavy atom. The molecule has 1 unspecified atom stereocenters. The molecule has 1 atom stereocenters. The minimum Gasteiger partial charge on any atom is -0.329 e. The van der Waals surface area contributed by atoms with Gasteiger partial charge in [-0.3, -0.25) is 0 Å². The molecule has 0 spiro atoms. The van der Waals surface area contributed by atoms with Gasteiger partial charge in [0.25, 0.3) is 0 Å². The molecule has 0 aliphatic heterocycles. The third-order valence-electron chi connectivity index (χ3n) is 1.62. The van der Waals surface area contributed by atoms with Crippen molar-refractivity contribution in [3.8, 4) is 0 Å². The molecule has 0 aromatic carbocycles. The predicted molar refractivity (Wildman–Crippen MR) is 68.6 cm³/mol. The second kappa shape index (κ2) is 5.24. The summed E-state index contributed by atoms with van der Waals surface area (Å²) in [5.74, 6) is 0. The molecule has 0 fully saturated rings. The van der Waals surface area contributed by atoms with Gasteiger partial charge >= 0.3 is 0 Å². The van der Waals surface area contributed by atoms with E-state index in [4.69, 9.17) is 5.73 Å². The van der Waals surface area contributed by atoms with Gasteiger partial charge < -0.3 is 5.73 Å². The van der Waals surface area contributed by atoms with Gasteiger partial charge in [-0.15, -0.1) is 11.3 Å². The van der Waals surface area contributed by atoms with Crippen LogP contribution in [0.25, 0.3) is 0 Å². The topological polar surface area (TPSA) is 72.2 Å². The van der Waals surface area contributed by atoms with Crippen LogP contribution in [0.15, 0.2) is 18.5 Å². The Bertz CT molecular complexity index is 444. The summed E-state index contributed by atoms with van der Waals surface area (Å²) in [5.41, 5.74) is 5.36. The van der Waals surface area contributed by atoms with Crippen LogP contribution in [0.3, 0.4) is 0 Å². The summed E-state index contributed by atoms with van der Waals surface area (Å²) >= 11 is 7.75. The van der Waals surface area contributed by atoms with Crippen LogP contribution in [0.2, 0.25) is 0 Å². The first kappa shape index (κ1) is 13.6. The molecule has 1 aromatic rings. The second-order valence-corrected chi connectivity index (χ2v) is 8.38. The lowest BCUT2D eigenvalue weighted by Gasteiger charge is -2.10. The number of hydrogen-bond acceptors (Lipinski definition) is 4. The molecular formula is C7H10Br2N2O2S2. The summed E-state index contributed by atoms with van der Waals surface area (Å²) < 4.78 is 27.5. The molecule has 0 saturated heterocycles. The van der Waals surface area contributed by atoms with Gasteiger partial charge in [-0.25, -0.2) is 13.1 Å². The highest BCUT2D eigenvalue weighted by molar-refractivity contribution is 9.12. The molecule has 1 rings (SSSR count). The van der Waals surface area contributed by atoms with Crippen molar-refractivity contribution in [2.45, 2.75) is 17.9 Å². The average molecular weight is 378 g/mol. The van der Waals surface area contributed by atoms with Crippen LogP contribution in [0, 0.1) is 0 Å². The van der Waals surface area contributed by atoms with Crippen molar-refractivity contribution in [3.63, 3.8) is 0 Å². The van der Waals surface area contributed by atoms with Crippen LogP contribution < -0.4 is 10.5 Å². The fourth-order valence-electron chi connectivity index (χ4n) is 0.885. The summed E-state index contributed by atoms with van der Waals surface area (Å²) in [4.78, 5) is 0.236. The Labute approximate surface area is 110 Å². The summed E-state index contributed by atoms with van der Waals surface area (Å²) in [7, 11) is -3.48. The lowest BCUT2D eigenvalue weighted by Crippen LogP contribution is -2.37. The highest BCUT2D eigenvalue weighted by Crippen LogP contribution is 2.34. The van der Waals surface area contributed by atoms with E-state index in [2.05, 4.69) is 36.6 Å². The van der Waals surface area contributed by atoms with Crippen molar-refractivity contribution in [2.75, 3.05) is 6.54 Å². The molecule has 0 amide bonds. The van der Waals surface area contributed by atoms with Gasteiger partial charge in [0.2, 0.25) is 10.0 Å². The van der Waals surface area contributed by atoms with Crippen molar-refractivity contribution in [2.24, 2.45) is 5.73 Å². The standard InChI is InChI=1S/C7H10Br2N2O2S2/c1-4(3-10)11-15(12,13)5-2-6(8)14-7(5)9/h2,4,11H,3,10H2,1H3. The van der Waals surface area contributed by atoms with Gasteiger partial charge in [0, 0.05) is 12.6 Å². The van der Waals surface area contributed by atoms with Crippen molar-refractivity contribution in [1.29, 1.82) is 0 Å². The van der Waals surface area contributed by atoms with Crippen LogP contribution in [0.4, 0.5) is 0 Å². The van der Waals surface area contributed by atoms with E-state index in [1.165, 1.54) is 11.3 Å². The minimum absolute atomic E-state index is 0.236. The van der Waals surface area contributed by atoms with Crippen molar-refractivity contribution >= 4 is 53.2 Å². The quantitative estimate of drug-likeness (QED) is 0.841. The van der Waals surface area contributed by atoms with Gasteiger partial charge in [0.05, 0.1) is 7.57 Å². The van der Waals surface area contributed by atoms with E-state index < -0.39 is 10.0 Å². The second-order valence-electron chi connectivity index (χ2n) is 2.95. The average Bonchev–Trinajstić information content (AvgIpc) is 2.45. The van der Waals surface area contributed by atoms with Crippen LogP contribution >= 0.6 is 43.2 Å². The maximum Gasteiger partial charge on any atom is 0.242 e. The number of rotatable bonds is 4. The summed E-state index contributed by atoms with van der Waals surface area (Å²) in [6.07, 6.45) is 0. The number of halogens is 2. The number of nitrogens with two attached hydrogens (primary N) is 1. The molecule has 0 radical (unpaired) electrons. The maximum absolute atomic E-state index is 11.8. The molecule has 86 valence electrons. The Morgan fingerprint density at radius 2 is 2.20 bits per heavy atom. The highest BCUT2D eigenvalue weighted by atomic mass is 79.9. The Hall–Kier alpha value is 0.530. The third-order valence-corrected chi connectivity index (χ3v) is 5.97. The fraction of sp³-hybridized carbons (Fsp3) is 0.429. The van der Waals surface area contributed by atoms with E-state index in [1.54, 1.807) is 13.0 Å².